The predicted molar refractivity (Wildman–Crippen MR) is 92.9 cm³/mol. The molecular weight excluding hydrogens is 355 g/mol. The molecule has 8 heteroatoms. The second kappa shape index (κ2) is 7.07. The Kier molecular flexibility index (Phi) is 5.31. The molecule has 1 N–H and O–H groups in total. The van der Waals surface area contributed by atoms with Gasteiger partial charge in [-0.2, -0.15) is 0 Å². The maximum absolute atomic E-state index is 12.4. The summed E-state index contributed by atoms with van der Waals surface area (Å²) in [7, 11) is 0. The lowest BCUT2D eigenvalue weighted by Gasteiger charge is -2.25. The summed E-state index contributed by atoms with van der Waals surface area (Å²) in [6.07, 6.45) is 0. The molecule has 126 valence electrons. The van der Waals surface area contributed by atoms with Crippen molar-refractivity contribution in [1.29, 1.82) is 0 Å². The van der Waals surface area contributed by atoms with E-state index in [0.717, 1.165) is 0 Å². The van der Waals surface area contributed by atoms with E-state index in [-0.39, 0.29) is 16.4 Å². The van der Waals surface area contributed by atoms with Gasteiger partial charge in [0.05, 0.1) is 4.92 Å². The number of nitro groups is 1. The predicted octanol–water partition coefficient (Wildman–Crippen LogP) is 4.70. The van der Waals surface area contributed by atoms with E-state index in [1.54, 1.807) is 38.1 Å². The van der Waals surface area contributed by atoms with Crippen molar-refractivity contribution in [3.63, 3.8) is 0 Å². The lowest BCUT2D eigenvalue weighted by atomic mass is 10.1. The fourth-order valence-electron chi connectivity index (χ4n) is 1.86. The molecule has 0 bridgehead atoms. The highest BCUT2D eigenvalue weighted by Crippen LogP contribution is 2.28. The van der Waals surface area contributed by atoms with E-state index in [1.165, 1.54) is 18.2 Å². The molecule has 0 aliphatic rings. The average molecular weight is 369 g/mol. The molecule has 0 spiro atoms. The number of hydrogen-bond acceptors (Lipinski definition) is 4. The minimum absolute atomic E-state index is 0.00493. The molecule has 0 aliphatic carbocycles. The first kappa shape index (κ1) is 18.0. The first-order chi connectivity index (χ1) is 11.2. The molecular formula is C16H14Cl2N2O4. The summed E-state index contributed by atoms with van der Waals surface area (Å²) in [5.74, 6) is 0.00991. The molecule has 24 heavy (non-hydrogen) atoms. The standard InChI is InChI=1S/C16H14Cl2N2O4/c1-16(2,24-12-6-3-10(17)4-7-12)15(21)19-11-5-8-13(18)14(9-11)20(22)23/h3-9H,1-2H3,(H,19,21). The topological polar surface area (TPSA) is 81.5 Å². The van der Waals surface area contributed by atoms with Gasteiger partial charge in [-0.15, -0.1) is 0 Å². The Morgan fingerprint density at radius 1 is 1.17 bits per heavy atom. The molecule has 0 radical (unpaired) electrons. The first-order valence-electron chi connectivity index (χ1n) is 6.89. The minimum Gasteiger partial charge on any atom is -0.478 e. The summed E-state index contributed by atoms with van der Waals surface area (Å²) in [5.41, 5.74) is -1.24. The number of carbonyl (C=O) groups is 1. The molecule has 2 aromatic rings. The lowest BCUT2D eigenvalue weighted by molar-refractivity contribution is -0.384. The van der Waals surface area contributed by atoms with Crippen LogP contribution < -0.4 is 10.1 Å². The van der Waals surface area contributed by atoms with Crippen LogP contribution >= 0.6 is 23.2 Å². The molecule has 2 rings (SSSR count). The summed E-state index contributed by atoms with van der Waals surface area (Å²) in [5, 5.41) is 14.0. The number of rotatable bonds is 5. The van der Waals surface area contributed by atoms with Gasteiger partial charge in [0.25, 0.3) is 11.6 Å². The van der Waals surface area contributed by atoms with Crippen LogP contribution in [0.15, 0.2) is 42.5 Å². The van der Waals surface area contributed by atoms with E-state index >= 15 is 0 Å². The van der Waals surface area contributed by atoms with Crippen LogP contribution in [0, 0.1) is 10.1 Å². The van der Waals surface area contributed by atoms with Crippen LogP contribution in [-0.4, -0.2) is 16.4 Å². The fraction of sp³-hybridized carbons (Fsp3) is 0.188. The number of ether oxygens (including phenoxy) is 1. The van der Waals surface area contributed by atoms with Gasteiger partial charge < -0.3 is 10.1 Å². The Hall–Kier alpha value is -2.31. The van der Waals surface area contributed by atoms with Gasteiger partial charge in [0.1, 0.15) is 10.8 Å². The Morgan fingerprint density at radius 3 is 2.38 bits per heavy atom. The number of anilines is 1. The zero-order chi connectivity index (χ0) is 17.9. The third-order valence-corrected chi connectivity index (χ3v) is 3.71. The number of nitrogens with zero attached hydrogens (tertiary/aromatic N) is 1. The zero-order valence-electron chi connectivity index (χ0n) is 12.9. The third-order valence-electron chi connectivity index (χ3n) is 3.13. The number of carbonyl (C=O) groups excluding carboxylic acids is 1. The van der Waals surface area contributed by atoms with Crippen LogP contribution in [0.25, 0.3) is 0 Å². The highest BCUT2D eigenvalue weighted by Gasteiger charge is 2.30. The average Bonchev–Trinajstić information content (AvgIpc) is 2.51. The SMILES string of the molecule is CC(C)(Oc1ccc(Cl)cc1)C(=O)Nc1ccc(Cl)c([N+](=O)[O-])c1. The normalized spacial score (nSPS) is 11.0. The minimum atomic E-state index is -1.21. The van der Waals surface area contributed by atoms with Gasteiger partial charge >= 0.3 is 0 Å². The number of nitro benzene ring substituents is 1. The lowest BCUT2D eigenvalue weighted by Crippen LogP contribution is -2.42. The molecule has 0 fully saturated rings. The van der Waals surface area contributed by atoms with Gasteiger partial charge in [0.2, 0.25) is 0 Å². The third kappa shape index (κ3) is 4.37. The van der Waals surface area contributed by atoms with E-state index in [0.29, 0.717) is 10.8 Å². The highest BCUT2D eigenvalue weighted by molar-refractivity contribution is 6.32. The van der Waals surface area contributed by atoms with Crippen LogP contribution in [0.4, 0.5) is 11.4 Å². The smallest absolute Gasteiger partial charge is 0.289 e. The van der Waals surface area contributed by atoms with E-state index in [4.69, 9.17) is 27.9 Å². The fourth-order valence-corrected chi connectivity index (χ4v) is 2.17. The zero-order valence-corrected chi connectivity index (χ0v) is 14.4. The van der Waals surface area contributed by atoms with Crippen molar-refractivity contribution in [3.05, 3.63) is 62.6 Å². The second-order valence-electron chi connectivity index (χ2n) is 5.44. The number of hydrogen-bond donors (Lipinski definition) is 1. The highest BCUT2D eigenvalue weighted by atomic mass is 35.5. The number of amides is 1. The molecule has 2 aromatic carbocycles. The van der Waals surface area contributed by atoms with Crippen LogP contribution in [0.5, 0.6) is 5.75 Å². The molecule has 0 aliphatic heterocycles. The molecule has 0 atom stereocenters. The van der Waals surface area contributed by atoms with Crippen molar-refractivity contribution in [1.82, 2.24) is 0 Å². The van der Waals surface area contributed by atoms with Crippen molar-refractivity contribution >= 4 is 40.5 Å². The van der Waals surface area contributed by atoms with Crippen LogP contribution in [0.2, 0.25) is 10.0 Å². The Labute approximate surface area is 148 Å². The van der Waals surface area contributed by atoms with Gasteiger partial charge in [0, 0.05) is 16.8 Å². The van der Waals surface area contributed by atoms with E-state index in [2.05, 4.69) is 5.32 Å². The summed E-state index contributed by atoms with van der Waals surface area (Å²) in [6, 6.07) is 10.6. The van der Waals surface area contributed by atoms with E-state index in [9.17, 15) is 14.9 Å². The van der Waals surface area contributed by atoms with Crippen molar-refractivity contribution in [2.75, 3.05) is 5.32 Å². The Bertz CT molecular complexity index is 776. The van der Waals surface area contributed by atoms with Crippen molar-refractivity contribution in [2.24, 2.45) is 0 Å². The number of benzene rings is 2. The monoisotopic (exact) mass is 368 g/mol. The van der Waals surface area contributed by atoms with Crippen molar-refractivity contribution < 1.29 is 14.5 Å². The molecule has 0 aromatic heterocycles. The largest absolute Gasteiger partial charge is 0.478 e. The van der Waals surface area contributed by atoms with Gasteiger partial charge in [-0.05, 0) is 50.2 Å². The summed E-state index contributed by atoms with van der Waals surface area (Å²) >= 11 is 11.6. The van der Waals surface area contributed by atoms with Crippen LogP contribution in [0.3, 0.4) is 0 Å². The van der Waals surface area contributed by atoms with E-state index < -0.39 is 16.4 Å². The van der Waals surface area contributed by atoms with Gasteiger partial charge in [-0.25, -0.2) is 0 Å². The van der Waals surface area contributed by atoms with Crippen molar-refractivity contribution in [2.45, 2.75) is 19.4 Å². The van der Waals surface area contributed by atoms with Crippen LogP contribution in [-0.2, 0) is 4.79 Å². The molecule has 1 amide bonds. The molecule has 0 heterocycles. The van der Waals surface area contributed by atoms with Gasteiger partial charge in [-0.1, -0.05) is 23.2 Å². The summed E-state index contributed by atoms with van der Waals surface area (Å²) in [4.78, 5) is 22.7. The maximum Gasteiger partial charge on any atom is 0.289 e. The van der Waals surface area contributed by atoms with Gasteiger partial charge in [0.15, 0.2) is 5.60 Å². The molecule has 0 saturated carbocycles. The maximum atomic E-state index is 12.4. The Morgan fingerprint density at radius 2 is 1.79 bits per heavy atom. The summed E-state index contributed by atoms with van der Waals surface area (Å²) in [6.45, 7) is 3.17. The number of nitrogens with one attached hydrogen (secondary N) is 1. The van der Waals surface area contributed by atoms with E-state index in [1.807, 2.05) is 0 Å². The van der Waals surface area contributed by atoms with Gasteiger partial charge in [-0.3, -0.25) is 14.9 Å². The summed E-state index contributed by atoms with van der Waals surface area (Å²) < 4.78 is 5.66. The van der Waals surface area contributed by atoms with Crippen molar-refractivity contribution in [3.8, 4) is 5.75 Å². The van der Waals surface area contributed by atoms with Crippen LogP contribution in [0.1, 0.15) is 13.8 Å². The first-order valence-corrected chi connectivity index (χ1v) is 7.64. The molecule has 0 saturated heterocycles. The number of halogens is 2. The molecule has 0 unspecified atom stereocenters. The second-order valence-corrected chi connectivity index (χ2v) is 6.29. The Balaban J connectivity index is 2.14. The quantitative estimate of drug-likeness (QED) is 0.612. The molecule has 6 nitrogen and oxygen atoms in total.